The SMILES string of the molecule is O=C(COc1ccc(Cl)cc1)N1CCN(S(=O)(=O)c2ccc3ccccc3c2)CC1. The Kier molecular flexibility index (Phi) is 5.94. The molecular formula is C22H21ClN2O4S. The Labute approximate surface area is 180 Å². The maximum atomic E-state index is 13.0. The molecule has 0 saturated carbocycles. The number of piperazine rings is 1. The number of sulfonamides is 1. The van der Waals surface area contributed by atoms with Gasteiger partial charge < -0.3 is 9.64 Å². The Hall–Kier alpha value is -2.61. The van der Waals surface area contributed by atoms with Crippen molar-refractivity contribution in [2.45, 2.75) is 4.90 Å². The Morgan fingerprint density at radius 2 is 1.57 bits per heavy atom. The van der Waals surface area contributed by atoms with Crippen molar-refractivity contribution in [3.8, 4) is 5.75 Å². The molecule has 3 aromatic carbocycles. The summed E-state index contributed by atoms with van der Waals surface area (Å²) < 4.78 is 33.0. The number of ether oxygens (including phenoxy) is 1. The van der Waals surface area contributed by atoms with E-state index in [0.717, 1.165) is 10.8 Å². The average molecular weight is 445 g/mol. The number of benzene rings is 3. The van der Waals surface area contributed by atoms with Crippen molar-refractivity contribution >= 4 is 38.3 Å². The van der Waals surface area contributed by atoms with Gasteiger partial charge in [0.1, 0.15) is 5.75 Å². The van der Waals surface area contributed by atoms with Gasteiger partial charge in [0.05, 0.1) is 4.90 Å². The van der Waals surface area contributed by atoms with Crippen LogP contribution in [0.15, 0.2) is 71.6 Å². The molecule has 0 radical (unpaired) electrons. The largest absolute Gasteiger partial charge is 0.484 e. The van der Waals surface area contributed by atoms with Crippen LogP contribution < -0.4 is 4.74 Å². The number of hydrogen-bond acceptors (Lipinski definition) is 4. The first-order chi connectivity index (χ1) is 14.4. The number of amides is 1. The number of halogens is 1. The molecule has 3 aromatic rings. The van der Waals surface area contributed by atoms with Crippen molar-refractivity contribution in [1.82, 2.24) is 9.21 Å². The average Bonchev–Trinajstić information content (AvgIpc) is 2.78. The molecule has 4 rings (SSSR count). The van der Waals surface area contributed by atoms with Crippen molar-refractivity contribution in [2.75, 3.05) is 32.8 Å². The molecule has 0 atom stereocenters. The van der Waals surface area contributed by atoms with E-state index in [4.69, 9.17) is 16.3 Å². The second kappa shape index (κ2) is 8.63. The van der Waals surface area contributed by atoms with E-state index in [9.17, 15) is 13.2 Å². The molecule has 6 nitrogen and oxygen atoms in total. The number of hydrogen-bond donors (Lipinski definition) is 0. The summed E-state index contributed by atoms with van der Waals surface area (Å²) in [5, 5.41) is 2.47. The molecule has 0 unspecified atom stereocenters. The lowest BCUT2D eigenvalue weighted by Gasteiger charge is -2.34. The zero-order chi connectivity index (χ0) is 21.1. The van der Waals surface area contributed by atoms with Crippen molar-refractivity contribution in [3.05, 3.63) is 71.8 Å². The highest BCUT2D eigenvalue weighted by Crippen LogP contribution is 2.23. The molecule has 0 N–H and O–H groups in total. The number of carbonyl (C=O) groups excluding carboxylic acids is 1. The van der Waals surface area contributed by atoms with Crippen molar-refractivity contribution in [2.24, 2.45) is 0 Å². The van der Waals surface area contributed by atoms with Crippen LogP contribution in [0.4, 0.5) is 0 Å². The molecule has 1 saturated heterocycles. The first kappa shape index (κ1) is 20.7. The molecule has 1 heterocycles. The van der Waals surface area contributed by atoms with Crippen LogP contribution in [0.5, 0.6) is 5.75 Å². The number of carbonyl (C=O) groups is 1. The van der Waals surface area contributed by atoms with E-state index in [1.165, 1.54) is 4.31 Å². The topological polar surface area (TPSA) is 66.9 Å². The fourth-order valence-corrected chi connectivity index (χ4v) is 5.01. The third-order valence-electron chi connectivity index (χ3n) is 5.13. The molecule has 1 amide bonds. The molecule has 1 aliphatic rings. The second-order valence-corrected chi connectivity index (χ2v) is 9.41. The van der Waals surface area contributed by atoms with E-state index in [0.29, 0.717) is 23.9 Å². The maximum Gasteiger partial charge on any atom is 0.260 e. The van der Waals surface area contributed by atoms with E-state index < -0.39 is 10.0 Å². The van der Waals surface area contributed by atoms with Crippen LogP contribution in [0.2, 0.25) is 5.02 Å². The van der Waals surface area contributed by atoms with Crippen LogP contribution in [-0.4, -0.2) is 56.3 Å². The van der Waals surface area contributed by atoms with Gasteiger partial charge in [-0.05, 0) is 47.2 Å². The first-order valence-corrected chi connectivity index (χ1v) is 11.4. The summed E-state index contributed by atoms with van der Waals surface area (Å²) in [6, 6.07) is 19.6. The third-order valence-corrected chi connectivity index (χ3v) is 7.27. The molecule has 0 aromatic heterocycles. The fourth-order valence-electron chi connectivity index (χ4n) is 3.42. The molecule has 0 spiro atoms. The molecule has 156 valence electrons. The molecule has 30 heavy (non-hydrogen) atoms. The lowest BCUT2D eigenvalue weighted by atomic mass is 10.1. The lowest BCUT2D eigenvalue weighted by Crippen LogP contribution is -2.51. The highest BCUT2D eigenvalue weighted by molar-refractivity contribution is 7.89. The molecule has 1 fully saturated rings. The van der Waals surface area contributed by atoms with Crippen LogP contribution in [0.1, 0.15) is 0 Å². The number of nitrogens with zero attached hydrogens (tertiary/aromatic N) is 2. The minimum absolute atomic E-state index is 0.0982. The highest BCUT2D eigenvalue weighted by Gasteiger charge is 2.30. The minimum atomic E-state index is -3.61. The van der Waals surface area contributed by atoms with Crippen molar-refractivity contribution in [1.29, 1.82) is 0 Å². The van der Waals surface area contributed by atoms with Crippen LogP contribution in [0.25, 0.3) is 10.8 Å². The van der Waals surface area contributed by atoms with Gasteiger partial charge in [-0.15, -0.1) is 0 Å². The van der Waals surface area contributed by atoms with E-state index in [1.807, 2.05) is 30.3 Å². The van der Waals surface area contributed by atoms with E-state index in [-0.39, 0.29) is 30.5 Å². The maximum absolute atomic E-state index is 13.0. The highest BCUT2D eigenvalue weighted by atomic mass is 35.5. The molecule has 8 heteroatoms. The monoisotopic (exact) mass is 444 g/mol. The van der Waals surface area contributed by atoms with Gasteiger partial charge in [-0.25, -0.2) is 8.42 Å². The summed E-state index contributed by atoms with van der Waals surface area (Å²) in [4.78, 5) is 14.3. The smallest absolute Gasteiger partial charge is 0.260 e. The summed E-state index contributed by atoms with van der Waals surface area (Å²) in [7, 11) is -3.61. The van der Waals surface area contributed by atoms with Crippen LogP contribution in [-0.2, 0) is 14.8 Å². The van der Waals surface area contributed by atoms with Gasteiger partial charge in [-0.2, -0.15) is 4.31 Å². The van der Waals surface area contributed by atoms with Gasteiger partial charge in [0.2, 0.25) is 10.0 Å². The summed E-state index contributed by atoms with van der Waals surface area (Å²) in [6.07, 6.45) is 0. The predicted octanol–water partition coefficient (Wildman–Crippen LogP) is 3.41. The van der Waals surface area contributed by atoms with Crippen LogP contribution >= 0.6 is 11.6 Å². The summed E-state index contributed by atoms with van der Waals surface area (Å²) >= 11 is 5.84. The van der Waals surface area contributed by atoms with Crippen LogP contribution in [0, 0.1) is 0 Å². The Bertz CT molecular complexity index is 1160. The molecule has 1 aliphatic heterocycles. The lowest BCUT2D eigenvalue weighted by molar-refractivity contribution is -0.134. The quantitative estimate of drug-likeness (QED) is 0.605. The van der Waals surface area contributed by atoms with E-state index in [2.05, 4.69) is 0 Å². The summed E-state index contributed by atoms with van der Waals surface area (Å²) in [6.45, 7) is 1.06. The minimum Gasteiger partial charge on any atom is -0.484 e. The second-order valence-electron chi connectivity index (χ2n) is 7.04. The standard InChI is InChI=1S/C22H21ClN2O4S/c23-19-6-8-20(9-7-19)29-16-22(26)24-11-13-25(14-12-24)30(27,28)21-10-5-17-3-1-2-4-18(17)15-21/h1-10,15H,11-14,16H2. The van der Waals surface area contributed by atoms with Gasteiger partial charge in [-0.1, -0.05) is 41.9 Å². The Balaban J connectivity index is 1.36. The van der Waals surface area contributed by atoms with Gasteiger partial charge in [0.15, 0.2) is 6.61 Å². The Morgan fingerprint density at radius 3 is 2.27 bits per heavy atom. The third kappa shape index (κ3) is 4.43. The van der Waals surface area contributed by atoms with Gasteiger partial charge >= 0.3 is 0 Å². The molecule has 0 aliphatic carbocycles. The zero-order valence-electron chi connectivity index (χ0n) is 16.2. The first-order valence-electron chi connectivity index (χ1n) is 9.58. The van der Waals surface area contributed by atoms with Gasteiger partial charge in [-0.3, -0.25) is 4.79 Å². The van der Waals surface area contributed by atoms with E-state index >= 15 is 0 Å². The number of fused-ring (bicyclic) bond motifs is 1. The summed E-state index contributed by atoms with van der Waals surface area (Å²) in [5.41, 5.74) is 0. The molecular weight excluding hydrogens is 424 g/mol. The van der Waals surface area contributed by atoms with Gasteiger partial charge in [0.25, 0.3) is 5.91 Å². The van der Waals surface area contributed by atoms with Crippen molar-refractivity contribution < 1.29 is 17.9 Å². The molecule has 0 bridgehead atoms. The van der Waals surface area contributed by atoms with E-state index in [1.54, 1.807) is 41.3 Å². The van der Waals surface area contributed by atoms with Gasteiger partial charge in [0, 0.05) is 31.2 Å². The normalized spacial score (nSPS) is 15.3. The zero-order valence-corrected chi connectivity index (χ0v) is 17.8. The van der Waals surface area contributed by atoms with Crippen molar-refractivity contribution in [3.63, 3.8) is 0 Å². The predicted molar refractivity (Wildman–Crippen MR) is 116 cm³/mol. The number of rotatable bonds is 5. The summed E-state index contributed by atoms with van der Waals surface area (Å²) in [5.74, 6) is 0.387. The van der Waals surface area contributed by atoms with Crippen LogP contribution in [0.3, 0.4) is 0 Å². The Morgan fingerprint density at radius 1 is 0.900 bits per heavy atom. The fraction of sp³-hybridized carbons (Fsp3) is 0.227.